The van der Waals surface area contributed by atoms with E-state index in [9.17, 15) is 14.4 Å². The molecule has 2 saturated carbocycles. The van der Waals surface area contributed by atoms with E-state index in [0.29, 0.717) is 22.4 Å². The van der Waals surface area contributed by atoms with Gasteiger partial charge in [-0.2, -0.15) is 0 Å². The largest absolute Gasteiger partial charge is 0.353 e. The highest BCUT2D eigenvalue weighted by Crippen LogP contribution is 2.29. The second kappa shape index (κ2) is 8.32. The molecule has 0 aliphatic heterocycles. The van der Waals surface area contributed by atoms with Crippen LogP contribution in [0.25, 0.3) is 0 Å². The van der Waals surface area contributed by atoms with Crippen LogP contribution >= 0.6 is 11.3 Å². The minimum Gasteiger partial charge on any atom is -0.353 e. The highest BCUT2D eigenvalue weighted by Gasteiger charge is 2.34. The summed E-state index contributed by atoms with van der Waals surface area (Å²) in [5.74, 6) is -0.432. The summed E-state index contributed by atoms with van der Waals surface area (Å²) in [5, 5.41) is 7.91. The van der Waals surface area contributed by atoms with Crippen molar-refractivity contribution in [2.75, 3.05) is 11.9 Å². The van der Waals surface area contributed by atoms with Crippen molar-refractivity contribution in [1.29, 1.82) is 0 Å². The Balaban J connectivity index is 1.34. The molecule has 0 spiro atoms. The molecule has 7 nitrogen and oxygen atoms in total. The van der Waals surface area contributed by atoms with Gasteiger partial charge in [-0.05, 0) is 44.2 Å². The lowest BCUT2D eigenvalue weighted by Crippen LogP contribution is -2.39. The van der Waals surface area contributed by atoms with E-state index in [2.05, 4.69) is 15.6 Å². The van der Waals surface area contributed by atoms with Crippen LogP contribution in [0.1, 0.15) is 47.3 Å². The third-order valence-electron chi connectivity index (χ3n) is 5.02. The Morgan fingerprint density at radius 3 is 2.59 bits per heavy atom. The number of benzene rings is 1. The van der Waals surface area contributed by atoms with E-state index in [1.807, 2.05) is 25.1 Å². The van der Waals surface area contributed by atoms with Gasteiger partial charge in [-0.25, -0.2) is 4.98 Å². The summed E-state index contributed by atoms with van der Waals surface area (Å²) in [5.41, 5.74) is 2.17. The molecule has 2 aliphatic carbocycles. The first-order valence-electron chi connectivity index (χ1n) is 9.90. The highest BCUT2D eigenvalue weighted by molar-refractivity contribution is 7.13. The smallest absolute Gasteiger partial charge is 0.254 e. The molecule has 1 aromatic heterocycles. The molecule has 2 N–H and O–H groups in total. The first-order valence-corrected chi connectivity index (χ1v) is 10.8. The zero-order valence-electron chi connectivity index (χ0n) is 16.3. The second-order valence-electron chi connectivity index (χ2n) is 7.69. The van der Waals surface area contributed by atoms with Crippen LogP contribution in [0.4, 0.5) is 5.13 Å². The van der Waals surface area contributed by atoms with Gasteiger partial charge in [0.05, 0.1) is 12.1 Å². The number of carbonyl (C=O) groups is 3. The number of aromatic nitrogens is 1. The maximum absolute atomic E-state index is 12.9. The van der Waals surface area contributed by atoms with E-state index in [-0.39, 0.29) is 36.7 Å². The van der Waals surface area contributed by atoms with Gasteiger partial charge in [0.25, 0.3) is 5.91 Å². The Morgan fingerprint density at radius 2 is 1.90 bits per heavy atom. The molecule has 1 heterocycles. The predicted molar refractivity (Wildman–Crippen MR) is 111 cm³/mol. The van der Waals surface area contributed by atoms with Gasteiger partial charge in [0.1, 0.15) is 6.54 Å². The Kier molecular flexibility index (Phi) is 5.62. The van der Waals surface area contributed by atoms with Gasteiger partial charge in [0, 0.05) is 23.0 Å². The molecule has 2 fully saturated rings. The lowest BCUT2D eigenvalue weighted by atomic mass is 10.1. The number of hydrogen-bond donors (Lipinski definition) is 2. The molecule has 29 heavy (non-hydrogen) atoms. The number of thiazole rings is 1. The first kappa shape index (κ1) is 19.6. The molecular weight excluding hydrogens is 388 g/mol. The number of nitrogens with zero attached hydrogens (tertiary/aromatic N) is 2. The lowest BCUT2D eigenvalue weighted by molar-refractivity contribution is -0.120. The molecule has 0 unspecified atom stereocenters. The Hall–Kier alpha value is -2.74. The molecule has 4 rings (SSSR count). The van der Waals surface area contributed by atoms with Crippen LogP contribution in [0, 0.1) is 6.92 Å². The molecule has 2 aromatic rings. The molecular formula is C21H24N4O3S. The van der Waals surface area contributed by atoms with Crippen LogP contribution in [0.5, 0.6) is 0 Å². The summed E-state index contributed by atoms with van der Waals surface area (Å²) >= 11 is 1.29. The fourth-order valence-electron chi connectivity index (χ4n) is 3.15. The maximum Gasteiger partial charge on any atom is 0.254 e. The predicted octanol–water partition coefficient (Wildman–Crippen LogP) is 2.52. The Bertz CT molecular complexity index is 934. The van der Waals surface area contributed by atoms with Crippen LogP contribution in [-0.4, -0.2) is 46.2 Å². The lowest BCUT2D eigenvalue weighted by Gasteiger charge is -2.22. The van der Waals surface area contributed by atoms with Crippen molar-refractivity contribution >= 4 is 34.2 Å². The summed E-state index contributed by atoms with van der Waals surface area (Å²) in [6.45, 7) is 1.89. The Morgan fingerprint density at radius 1 is 1.14 bits per heavy atom. The number of aryl methyl sites for hydroxylation is 1. The minimum atomic E-state index is -0.276. The molecule has 1 aromatic carbocycles. The topological polar surface area (TPSA) is 91.4 Å². The van der Waals surface area contributed by atoms with Crippen molar-refractivity contribution in [1.82, 2.24) is 15.2 Å². The zero-order valence-corrected chi connectivity index (χ0v) is 17.1. The number of anilines is 1. The average Bonchev–Trinajstić information content (AvgIpc) is 3.60. The molecule has 152 valence electrons. The summed E-state index contributed by atoms with van der Waals surface area (Å²) in [6.07, 6.45) is 4.14. The first-order chi connectivity index (χ1) is 14.0. The quantitative estimate of drug-likeness (QED) is 0.697. The molecule has 0 radical (unpaired) electrons. The van der Waals surface area contributed by atoms with E-state index < -0.39 is 0 Å². The van der Waals surface area contributed by atoms with Gasteiger partial charge in [-0.3, -0.25) is 14.4 Å². The van der Waals surface area contributed by atoms with E-state index in [1.165, 1.54) is 11.3 Å². The number of rotatable bonds is 8. The number of amides is 3. The van der Waals surface area contributed by atoms with Crippen molar-refractivity contribution in [3.8, 4) is 0 Å². The van der Waals surface area contributed by atoms with Crippen LogP contribution in [-0.2, 0) is 16.0 Å². The second-order valence-corrected chi connectivity index (χ2v) is 8.55. The van der Waals surface area contributed by atoms with Crippen molar-refractivity contribution in [2.45, 2.75) is 51.1 Å². The summed E-state index contributed by atoms with van der Waals surface area (Å²) in [4.78, 5) is 43.3. The van der Waals surface area contributed by atoms with Gasteiger partial charge in [-0.15, -0.1) is 11.3 Å². The fraction of sp³-hybridized carbons (Fsp3) is 0.429. The monoisotopic (exact) mass is 412 g/mol. The SMILES string of the molecule is Cc1ccccc1C(=O)N(CC(=O)Nc1nc(CC(=O)NC2CC2)cs1)C1CC1. The van der Waals surface area contributed by atoms with Crippen LogP contribution < -0.4 is 10.6 Å². The zero-order chi connectivity index (χ0) is 20.4. The van der Waals surface area contributed by atoms with Gasteiger partial charge in [-0.1, -0.05) is 18.2 Å². The van der Waals surface area contributed by atoms with Crippen molar-refractivity contribution in [3.63, 3.8) is 0 Å². The van der Waals surface area contributed by atoms with Gasteiger partial charge in [0.2, 0.25) is 11.8 Å². The van der Waals surface area contributed by atoms with Gasteiger partial charge in [0.15, 0.2) is 5.13 Å². The van der Waals surface area contributed by atoms with Crippen LogP contribution in [0.15, 0.2) is 29.6 Å². The number of nitrogens with one attached hydrogen (secondary N) is 2. The maximum atomic E-state index is 12.9. The third-order valence-corrected chi connectivity index (χ3v) is 5.83. The standard InChI is InChI=1S/C21H24N4O3S/c1-13-4-2-3-5-17(13)20(28)25(16-8-9-16)11-19(27)24-21-23-15(12-29-21)10-18(26)22-14-6-7-14/h2-5,12,14,16H,6-11H2,1H3,(H,22,26)(H,23,24,27). The summed E-state index contributed by atoms with van der Waals surface area (Å²) < 4.78 is 0. The fourth-order valence-corrected chi connectivity index (χ4v) is 3.88. The van der Waals surface area contributed by atoms with E-state index in [4.69, 9.17) is 0 Å². The molecule has 0 atom stereocenters. The van der Waals surface area contributed by atoms with E-state index >= 15 is 0 Å². The van der Waals surface area contributed by atoms with Crippen molar-refractivity contribution in [3.05, 3.63) is 46.5 Å². The average molecular weight is 413 g/mol. The normalized spacial score (nSPS) is 15.6. The van der Waals surface area contributed by atoms with E-state index in [1.54, 1.807) is 16.3 Å². The van der Waals surface area contributed by atoms with Gasteiger partial charge < -0.3 is 15.5 Å². The van der Waals surface area contributed by atoms with E-state index in [0.717, 1.165) is 31.2 Å². The van der Waals surface area contributed by atoms with Crippen molar-refractivity contribution < 1.29 is 14.4 Å². The van der Waals surface area contributed by atoms with Crippen LogP contribution in [0.2, 0.25) is 0 Å². The Labute approximate surface area is 173 Å². The molecule has 0 bridgehead atoms. The molecule has 0 saturated heterocycles. The number of carbonyl (C=O) groups excluding carboxylic acids is 3. The minimum absolute atomic E-state index is 0.00505. The molecule has 8 heteroatoms. The van der Waals surface area contributed by atoms with Gasteiger partial charge >= 0.3 is 0 Å². The number of hydrogen-bond acceptors (Lipinski definition) is 5. The summed E-state index contributed by atoms with van der Waals surface area (Å²) in [7, 11) is 0. The highest BCUT2D eigenvalue weighted by atomic mass is 32.1. The molecule has 3 amide bonds. The van der Waals surface area contributed by atoms with Crippen LogP contribution in [0.3, 0.4) is 0 Å². The third kappa shape index (κ3) is 5.20. The molecule has 2 aliphatic rings. The van der Waals surface area contributed by atoms with Crippen molar-refractivity contribution in [2.24, 2.45) is 0 Å². The summed E-state index contributed by atoms with van der Waals surface area (Å²) in [6, 6.07) is 7.86.